The largest absolute Gasteiger partial charge is 0.409 e. The number of Topliss-reactive ketones (excluding diaryl/α,β-unsaturated/α-hetero) is 1. The first-order valence-electron chi connectivity index (χ1n) is 11.4. The van der Waals surface area contributed by atoms with Crippen LogP contribution in [-0.2, 0) is 14.8 Å². The van der Waals surface area contributed by atoms with Crippen LogP contribution in [0.2, 0.25) is 19.6 Å². The first-order valence-corrected chi connectivity index (χ1v) is 14.8. The highest BCUT2D eigenvalue weighted by Gasteiger charge is 2.51. The first-order chi connectivity index (χ1) is 13.4. The van der Waals surface area contributed by atoms with Gasteiger partial charge in [0.05, 0.1) is 5.60 Å². The summed E-state index contributed by atoms with van der Waals surface area (Å²) in [5, 5.41) is 0. The van der Waals surface area contributed by atoms with Crippen molar-refractivity contribution >= 4 is 20.2 Å². The van der Waals surface area contributed by atoms with Gasteiger partial charge < -0.3 is 4.43 Å². The van der Waals surface area contributed by atoms with Crippen molar-refractivity contribution in [2.45, 2.75) is 85.0 Å². The highest BCUT2D eigenvalue weighted by atomic mass is 28.4. The Balaban J connectivity index is 1.74. The monoisotopic (exact) mass is 412 g/mol. The molecule has 0 unspecified atom stereocenters. The van der Waals surface area contributed by atoms with Crippen LogP contribution in [0.5, 0.6) is 0 Å². The molecule has 0 saturated heterocycles. The van der Waals surface area contributed by atoms with Crippen LogP contribution in [-0.4, -0.2) is 14.1 Å². The van der Waals surface area contributed by atoms with Crippen LogP contribution in [0.25, 0.3) is 6.08 Å². The molecule has 1 aromatic rings. The van der Waals surface area contributed by atoms with Gasteiger partial charge in [0.15, 0.2) is 8.32 Å². The summed E-state index contributed by atoms with van der Waals surface area (Å²) in [7, 11) is -1.62. The van der Waals surface area contributed by atoms with Crippen LogP contribution in [0, 0.1) is 23.2 Å². The summed E-state index contributed by atoms with van der Waals surface area (Å²) < 4.78 is 6.44. The van der Waals surface area contributed by atoms with E-state index in [9.17, 15) is 4.79 Å². The number of allylic oxidation sites excluding steroid dienone is 1. The van der Waals surface area contributed by atoms with Crippen molar-refractivity contribution in [1.82, 2.24) is 0 Å². The Labute approximate surface area is 179 Å². The van der Waals surface area contributed by atoms with Gasteiger partial charge in [0, 0.05) is 12.3 Å². The second-order valence-corrected chi connectivity index (χ2v) is 15.6. The quantitative estimate of drug-likeness (QED) is 0.461. The SMILES string of the molecule is C[C@H](/C=C/c1cccc(C(C)(C)O[Si](C)(C)C)c1)[C@H]1CC[C@H]2C(=O)CCC[C@]12C. The number of benzene rings is 1. The van der Waals surface area contributed by atoms with Gasteiger partial charge in [-0.3, -0.25) is 4.79 Å². The van der Waals surface area contributed by atoms with Gasteiger partial charge in [-0.05, 0) is 93.6 Å². The molecule has 2 aliphatic rings. The lowest BCUT2D eigenvalue weighted by atomic mass is 9.62. The number of hydrogen-bond donors (Lipinski definition) is 0. The molecule has 29 heavy (non-hydrogen) atoms. The van der Waals surface area contributed by atoms with Crippen molar-refractivity contribution in [3.63, 3.8) is 0 Å². The summed E-state index contributed by atoms with van der Waals surface area (Å²) in [5.41, 5.74) is 2.41. The van der Waals surface area contributed by atoms with Gasteiger partial charge in [-0.2, -0.15) is 0 Å². The molecule has 4 atom stereocenters. The van der Waals surface area contributed by atoms with Crippen molar-refractivity contribution in [3.05, 3.63) is 41.5 Å². The molecule has 0 aliphatic heterocycles. The average molecular weight is 413 g/mol. The van der Waals surface area contributed by atoms with Gasteiger partial charge in [0.2, 0.25) is 0 Å². The summed E-state index contributed by atoms with van der Waals surface area (Å²) in [6.07, 6.45) is 10.0. The van der Waals surface area contributed by atoms with Gasteiger partial charge >= 0.3 is 0 Å². The lowest BCUT2D eigenvalue weighted by molar-refractivity contribution is -0.129. The van der Waals surface area contributed by atoms with Crippen LogP contribution >= 0.6 is 0 Å². The zero-order chi connectivity index (χ0) is 21.4. The van der Waals surface area contributed by atoms with Crippen LogP contribution in [0.15, 0.2) is 30.3 Å². The summed E-state index contributed by atoms with van der Waals surface area (Å²) >= 11 is 0. The molecule has 0 bridgehead atoms. The van der Waals surface area contributed by atoms with Gasteiger partial charge in [0.25, 0.3) is 0 Å². The van der Waals surface area contributed by atoms with E-state index in [0.29, 0.717) is 23.5 Å². The molecule has 0 spiro atoms. The Bertz CT molecular complexity index is 773. The van der Waals surface area contributed by atoms with E-state index in [1.54, 1.807) is 0 Å². The fourth-order valence-corrected chi connectivity index (χ4v) is 7.72. The average Bonchev–Trinajstić information content (AvgIpc) is 2.96. The molecule has 0 N–H and O–H groups in total. The van der Waals surface area contributed by atoms with Crippen LogP contribution in [0.1, 0.15) is 70.9 Å². The van der Waals surface area contributed by atoms with Gasteiger partial charge in [-0.15, -0.1) is 0 Å². The van der Waals surface area contributed by atoms with Crippen molar-refractivity contribution in [3.8, 4) is 0 Å². The fraction of sp³-hybridized carbons (Fsp3) is 0.654. The number of ketones is 1. The highest BCUT2D eigenvalue weighted by molar-refractivity contribution is 6.69. The molecular weight excluding hydrogens is 372 g/mol. The number of carbonyl (C=O) groups excluding carboxylic acids is 1. The molecule has 1 aromatic carbocycles. The van der Waals surface area contributed by atoms with E-state index in [2.05, 4.69) is 83.8 Å². The second kappa shape index (κ2) is 8.15. The lowest BCUT2D eigenvalue weighted by Gasteiger charge is -2.41. The zero-order valence-corrected chi connectivity index (χ0v) is 20.5. The van der Waals surface area contributed by atoms with E-state index in [0.717, 1.165) is 19.3 Å². The summed E-state index contributed by atoms with van der Waals surface area (Å²) in [6, 6.07) is 8.77. The van der Waals surface area contributed by atoms with Crippen molar-refractivity contribution in [2.75, 3.05) is 0 Å². The Morgan fingerprint density at radius 1 is 1.24 bits per heavy atom. The zero-order valence-electron chi connectivity index (χ0n) is 19.5. The molecule has 3 rings (SSSR count). The minimum Gasteiger partial charge on any atom is -0.409 e. The third-order valence-electron chi connectivity index (χ3n) is 7.31. The molecule has 0 aromatic heterocycles. The maximum Gasteiger partial charge on any atom is 0.184 e. The normalized spacial score (nSPS) is 29.3. The predicted octanol–water partition coefficient (Wildman–Crippen LogP) is 7.21. The summed E-state index contributed by atoms with van der Waals surface area (Å²) in [4.78, 5) is 12.4. The Hall–Kier alpha value is -1.19. The van der Waals surface area contributed by atoms with Crippen LogP contribution in [0.3, 0.4) is 0 Å². The number of fused-ring (bicyclic) bond motifs is 1. The van der Waals surface area contributed by atoms with Crippen molar-refractivity contribution in [1.29, 1.82) is 0 Å². The molecule has 3 heteroatoms. The molecular formula is C26H40O2Si. The molecule has 2 aliphatic carbocycles. The van der Waals surface area contributed by atoms with E-state index in [1.165, 1.54) is 24.0 Å². The topological polar surface area (TPSA) is 26.3 Å². The van der Waals surface area contributed by atoms with Crippen molar-refractivity contribution < 1.29 is 9.22 Å². The molecule has 0 heterocycles. The molecule has 2 saturated carbocycles. The Kier molecular flexibility index (Phi) is 6.32. The van der Waals surface area contributed by atoms with Crippen molar-refractivity contribution in [2.24, 2.45) is 23.2 Å². The molecule has 2 nitrogen and oxygen atoms in total. The molecule has 160 valence electrons. The van der Waals surface area contributed by atoms with Gasteiger partial charge in [0.1, 0.15) is 5.78 Å². The third kappa shape index (κ3) is 4.94. The first kappa shape index (κ1) is 22.5. The van der Waals surface area contributed by atoms with Crippen LogP contribution < -0.4 is 0 Å². The smallest absolute Gasteiger partial charge is 0.184 e. The maximum atomic E-state index is 12.4. The molecule has 0 radical (unpaired) electrons. The van der Waals surface area contributed by atoms with Gasteiger partial charge in [-0.1, -0.05) is 44.2 Å². The minimum atomic E-state index is -1.62. The lowest BCUT2D eigenvalue weighted by Crippen LogP contribution is -2.39. The van der Waals surface area contributed by atoms with E-state index < -0.39 is 8.32 Å². The fourth-order valence-electron chi connectivity index (χ4n) is 6.07. The summed E-state index contributed by atoms with van der Waals surface area (Å²) in [6.45, 7) is 15.8. The molecule has 0 amide bonds. The molecule has 2 fully saturated rings. The van der Waals surface area contributed by atoms with E-state index >= 15 is 0 Å². The summed E-state index contributed by atoms with van der Waals surface area (Å²) in [5.74, 6) is 1.93. The van der Waals surface area contributed by atoms with Gasteiger partial charge in [-0.25, -0.2) is 0 Å². The predicted molar refractivity (Wildman–Crippen MR) is 125 cm³/mol. The number of hydrogen-bond acceptors (Lipinski definition) is 2. The Morgan fingerprint density at radius 2 is 1.97 bits per heavy atom. The van der Waals surface area contributed by atoms with Crippen LogP contribution in [0.4, 0.5) is 0 Å². The highest BCUT2D eigenvalue weighted by Crippen LogP contribution is 2.56. The number of carbonyl (C=O) groups is 1. The van der Waals surface area contributed by atoms with E-state index in [4.69, 9.17) is 4.43 Å². The second-order valence-electron chi connectivity index (χ2n) is 11.1. The van der Waals surface area contributed by atoms with E-state index in [1.807, 2.05) is 0 Å². The number of rotatable bonds is 6. The van der Waals surface area contributed by atoms with E-state index in [-0.39, 0.29) is 11.0 Å². The third-order valence-corrected chi connectivity index (χ3v) is 8.43. The maximum absolute atomic E-state index is 12.4. The Morgan fingerprint density at radius 3 is 2.66 bits per heavy atom. The minimum absolute atomic E-state index is 0.202. The standard InChI is InChI=1S/C26H40O2Si/c1-19(22-15-16-23-24(27)12-9-17-26(22,23)4)13-14-20-10-8-11-21(18-20)25(2,3)28-29(5,6)7/h8,10-11,13-14,18-19,22-23H,9,12,15-17H2,1-7H3/b14-13+/t19-,22-,23+,26-/m1/s1.